The Morgan fingerprint density at radius 1 is 0.486 bits per heavy atom. The molecule has 1 nitrogen and oxygen atoms in total. The first kappa shape index (κ1) is 34.0. The zero-order chi connectivity index (χ0) is 28.5. The highest BCUT2D eigenvalue weighted by Gasteiger charge is 2.95. The van der Waals surface area contributed by atoms with Crippen LogP contribution in [0.1, 0.15) is 33.1 Å². The van der Waals surface area contributed by atoms with Crippen LogP contribution in [0.15, 0.2) is 0 Å². The summed E-state index contributed by atoms with van der Waals surface area (Å²) in [5.74, 6) is -55.7. The van der Waals surface area contributed by atoms with Crippen molar-refractivity contribution in [2.45, 2.75) is 86.8 Å². The van der Waals surface area contributed by atoms with E-state index in [-0.39, 0.29) is 13.1 Å². The molecule has 0 aromatic carbocycles. The van der Waals surface area contributed by atoms with Crippen molar-refractivity contribution in [2.24, 2.45) is 0 Å². The van der Waals surface area contributed by atoms with Crippen LogP contribution in [0.2, 0.25) is 6.04 Å². The third kappa shape index (κ3) is 5.63. The summed E-state index contributed by atoms with van der Waals surface area (Å²) in [5, 5.41) is 0. The maximum absolute atomic E-state index is 13.8. The summed E-state index contributed by atoms with van der Waals surface area (Å²) >= 11 is 0. The third-order valence-corrected chi connectivity index (χ3v) is 6.77. The van der Waals surface area contributed by atoms with Gasteiger partial charge in [0, 0.05) is 6.42 Å². The van der Waals surface area contributed by atoms with Gasteiger partial charge >= 0.3 is 47.6 Å². The molecule has 0 aliphatic rings. The minimum atomic E-state index is -8.57. The van der Waals surface area contributed by atoms with Crippen molar-refractivity contribution >= 4 is 9.68 Å². The van der Waals surface area contributed by atoms with E-state index < -0.39 is 69.8 Å². The van der Waals surface area contributed by atoms with Gasteiger partial charge in [0.05, 0.1) is 9.68 Å². The number of hydrogen-bond donors (Lipinski definition) is 0. The summed E-state index contributed by atoms with van der Waals surface area (Å²) in [4.78, 5) is 0. The molecule has 0 fully saturated rings. The van der Waals surface area contributed by atoms with Gasteiger partial charge in [-0.15, -0.1) is 0 Å². The van der Waals surface area contributed by atoms with Crippen LogP contribution in [0.3, 0.4) is 0 Å². The van der Waals surface area contributed by atoms with E-state index in [1.165, 1.54) is 4.57 Å². The normalized spacial score (nSPS) is 16.1. The maximum atomic E-state index is 13.8. The number of nitrogens with zero attached hydrogens (tertiary/aromatic N) is 1. The standard InChI is InChI=1S/C16H20F17NSi/c1-3-6-34(7-4-2)35-8-5-9(17,18)10(19,20)11(21,22)12(23,24)13(25,26)14(27,28)15(29,30)16(31,32)33/h3-8,35H2,1-2H3. The lowest BCUT2D eigenvalue weighted by atomic mass is 9.88. The van der Waals surface area contributed by atoms with Crippen molar-refractivity contribution in [2.75, 3.05) is 13.1 Å². The molecule has 0 atom stereocenters. The highest BCUT2D eigenvalue weighted by Crippen LogP contribution is 2.64. The van der Waals surface area contributed by atoms with Gasteiger partial charge < -0.3 is 4.57 Å². The zero-order valence-electron chi connectivity index (χ0n) is 17.8. The van der Waals surface area contributed by atoms with Crippen LogP contribution in [-0.2, 0) is 0 Å². The molecule has 0 amide bonds. The van der Waals surface area contributed by atoms with E-state index in [4.69, 9.17) is 0 Å². The van der Waals surface area contributed by atoms with E-state index >= 15 is 0 Å². The highest BCUT2D eigenvalue weighted by molar-refractivity contribution is 6.31. The summed E-state index contributed by atoms with van der Waals surface area (Å²) in [6, 6.07) is -0.983. The molecule has 0 aromatic rings. The predicted molar refractivity (Wildman–Crippen MR) is 90.8 cm³/mol. The molecule has 0 bridgehead atoms. The van der Waals surface area contributed by atoms with Crippen LogP contribution >= 0.6 is 0 Å². The van der Waals surface area contributed by atoms with Gasteiger partial charge in [0.15, 0.2) is 0 Å². The highest BCUT2D eigenvalue weighted by atomic mass is 28.2. The van der Waals surface area contributed by atoms with Gasteiger partial charge in [-0.3, -0.25) is 0 Å². The smallest absolute Gasteiger partial charge is 0.329 e. The summed E-state index contributed by atoms with van der Waals surface area (Å²) in [5.41, 5.74) is 0. The molecule has 0 aliphatic carbocycles. The monoisotopic (exact) mass is 577 g/mol. The second-order valence-corrected chi connectivity index (χ2v) is 9.64. The minimum Gasteiger partial charge on any atom is -0.329 e. The SMILES string of the molecule is CCCN(CCC)[SiH2]CCC(F)(F)C(F)(F)C(F)(F)C(F)(F)C(F)(F)C(F)(F)C(F)(F)C(F)(F)F. The Morgan fingerprint density at radius 3 is 1.11 bits per heavy atom. The lowest BCUT2D eigenvalue weighted by molar-refractivity contribution is -0.461. The van der Waals surface area contributed by atoms with Gasteiger partial charge in [0.25, 0.3) is 0 Å². The Balaban J connectivity index is 6.21. The van der Waals surface area contributed by atoms with Gasteiger partial charge in [-0.25, -0.2) is 0 Å². The fourth-order valence-corrected chi connectivity index (χ4v) is 4.97. The summed E-state index contributed by atoms with van der Waals surface area (Å²) in [7, 11) is -1.90. The molecule has 0 unspecified atom stereocenters. The quantitative estimate of drug-likeness (QED) is 0.159. The minimum absolute atomic E-state index is 0.255. The van der Waals surface area contributed by atoms with Crippen molar-refractivity contribution in [3.8, 4) is 0 Å². The lowest BCUT2D eigenvalue weighted by Gasteiger charge is -2.42. The average Bonchev–Trinajstić information content (AvgIpc) is 2.66. The molecule has 0 saturated heterocycles. The second-order valence-electron chi connectivity index (χ2n) is 7.59. The van der Waals surface area contributed by atoms with Gasteiger partial charge in [0.1, 0.15) is 0 Å². The van der Waals surface area contributed by atoms with Crippen molar-refractivity contribution in [1.82, 2.24) is 4.57 Å². The van der Waals surface area contributed by atoms with Gasteiger partial charge in [0.2, 0.25) is 0 Å². The Labute approximate surface area is 189 Å². The average molecular weight is 577 g/mol. The summed E-state index contributed by atoms with van der Waals surface area (Å²) < 4.78 is 226. The van der Waals surface area contributed by atoms with E-state index in [2.05, 4.69) is 0 Å². The van der Waals surface area contributed by atoms with Crippen molar-refractivity contribution < 1.29 is 74.6 Å². The van der Waals surface area contributed by atoms with Crippen LogP contribution in [0.25, 0.3) is 0 Å². The Morgan fingerprint density at radius 2 is 0.800 bits per heavy atom. The molecular weight excluding hydrogens is 557 g/mol. The Kier molecular flexibility index (Phi) is 10.1. The van der Waals surface area contributed by atoms with E-state index in [1.54, 1.807) is 13.8 Å². The topological polar surface area (TPSA) is 3.24 Å². The molecule has 0 rings (SSSR count). The van der Waals surface area contributed by atoms with E-state index in [0.717, 1.165) is 0 Å². The van der Waals surface area contributed by atoms with Crippen molar-refractivity contribution in [3.05, 3.63) is 0 Å². The fraction of sp³-hybridized carbons (Fsp3) is 1.00. The largest absolute Gasteiger partial charge is 0.460 e. The van der Waals surface area contributed by atoms with Crippen LogP contribution in [0, 0.1) is 0 Å². The van der Waals surface area contributed by atoms with Crippen LogP contribution in [0.5, 0.6) is 0 Å². The van der Waals surface area contributed by atoms with E-state index in [9.17, 15) is 74.6 Å². The van der Waals surface area contributed by atoms with E-state index in [1.807, 2.05) is 0 Å². The lowest BCUT2D eigenvalue weighted by Crippen LogP contribution is -2.74. The van der Waals surface area contributed by atoms with Gasteiger partial charge in [-0.2, -0.15) is 74.6 Å². The Bertz CT molecular complexity index is 682. The van der Waals surface area contributed by atoms with Gasteiger partial charge in [-0.05, 0) is 32.0 Å². The molecule has 0 spiro atoms. The molecule has 0 heterocycles. The first-order valence-corrected chi connectivity index (χ1v) is 11.3. The molecule has 0 aliphatic heterocycles. The zero-order valence-corrected chi connectivity index (χ0v) is 19.2. The van der Waals surface area contributed by atoms with Crippen LogP contribution in [-0.4, -0.2) is 75.0 Å². The number of rotatable bonds is 14. The molecular formula is C16H20F17NSi. The van der Waals surface area contributed by atoms with Crippen molar-refractivity contribution in [3.63, 3.8) is 0 Å². The van der Waals surface area contributed by atoms with Crippen LogP contribution in [0.4, 0.5) is 74.6 Å². The second kappa shape index (κ2) is 10.4. The number of hydrogen-bond acceptors (Lipinski definition) is 1. The first-order valence-electron chi connectivity index (χ1n) is 9.68. The molecule has 19 heteroatoms. The molecule has 0 radical (unpaired) electrons. The summed E-state index contributed by atoms with van der Waals surface area (Å²) in [6.07, 6.45) is -9.18. The summed E-state index contributed by atoms with van der Waals surface area (Å²) in [6.45, 7) is 3.76. The third-order valence-electron chi connectivity index (χ3n) is 4.83. The van der Waals surface area contributed by atoms with Crippen molar-refractivity contribution in [1.29, 1.82) is 0 Å². The number of halogens is 17. The molecule has 212 valence electrons. The molecule has 0 saturated carbocycles. The fourth-order valence-electron chi connectivity index (χ4n) is 2.85. The molecule has 35 heavy (non-hydrogen) atoms. The molecule has 0 N–H and O–H groups in total. The Hall–Kier alpha value is -1.01. The molecule has 0 aromatic heterocycles. The first-order chi connectivity index (χ1) is 15.2. The van der Waals surface area contributed by atoms with Crippen LogP contribution < -0.4 is 0 Å². The maximum Gasteiger partial charge on any atom is 0.460 e. The van der Waals surface area contributed by atoms with Gasteiger partial charge in [-0.1, -0.05) is 13.8 Å². The number of alkyl halides is 17. The van der Waals surface area contributed by atoms with E-state index in [0.29, 0.717) is 12.8 Å². The predicted octanol–water partition coefficient (Wildman–Crippen LogP) is 7.01.